The first-order chi connectivity index (χ1) is 19.5. The summed E-state index contributed by atoms with van der Waals surface area (Å²) in [6, 6.07) is 19.6. The van der Waals surface area contributed by atoms with Gasteiger partial charge in [-0.3, -0.25) is 9.10 Å². The molecule has 11 heteroatoms. The molecule has 216 valence electrons. The van der Waals surface area contributed by atoms with Crippen LogP contribution in [-0.2, 0) is 14.8 Å². The zero-order valence-corrected chi connectivity index (χ0v) is 24.5. The molecule has 0 radical (unpaired) electrons. The number of likely N-dealkylation sites (N-methyl/N-ethyl adjacent to an activating group) is 1. The summed E-state index contributed by atoms with van der Waals surface area (Å²) in [4.78, 5) is 21.5. The minimum Gasteiger partial charge on any atom is -0.494 e. The predicted octanol–water partition coefficient (Wildman–Crippen LogP) is 4.69. The van der Waals surface area contributed by atoms with E-state index in [0.717, 1.165) is 16.1 Å². The number of carbonyl (C=O) groups excluding carboxylic acids is 1. The monoisotopic (exact) mass is 578 g/mol. The van der Waals surface area contributed by atoms with Gasteiger partial charge in [-0.1, -0.05) is 30.3 Å². The van der Waals surface area contributed by atoms with E-state index in [1.807, 2.05) is 50.2 Å². The van der Waals surface area contributed by atoms with Gasteiger partial charge in [-0.05, 0) is 44.2 Å². The van der Waals surface area contributed by atoms with Crippen molar-refractivity contribution in [2.45, 2.75) is 13.8 Å². The molecule has 0 spiro atoms. The molecule has 0 aliphatic heterocycles. The van der Waals surface area contributed by atoms with Crippen LogP contribution in [-0.4, -0.2) is 75.1 Å². The van der Waals surface area contributed by atoms with Gasteiger partial charge in [0.15, 0.2) is 17.4 Å². The Morgan fingerprint density at radius 1 is 0.951 bits per heavy atom. The number of H-pyrrole nitrogens is 1. The van der Waals surface area contributed by atoms with Crippen LogP contribution in [0.15, 0.2) is 71.7 Å². The van der Waals surface area contributed by atoms with Gasteiger partial charge in [-0.25, -0.2) is 13.4 Å². The van der Waals surface area contributed by atoms with Crippen molar-refractivity contribution in [3.05, 3.63) is 77.9 Å². The SMILES string of the molecule is CCOc1cc2[nH]c(O)c(C(=Nc3ccc(N(CC(=O)N(C)C)S(C)(=O)=O)cc3)c3ccccc3)c2cc1OCC. The minimum atomic E-state index is -3.72. The van der Waals surface area contributed by atoms with Crippen molar-refractivity contribution in [3.8, 4) is 17.4 Å². The van der Waals surface area contributed by atoms with Crippen molar-refractivity contribution in [2.75, 3.05) is 44.4 Å². The Morgan fingerprint density at radius 3 is 2.12 bits per heavy atom. The first-order valence-electron chi connectivity index (χ1n) is 13.1. The zero-order valence-electron chi connectivity index (χ0n) is 23.7. The van der Waals surface area contributed by atoms with Crippen LogP contribution in [0.4, 0.5) is 11.4 Å². The van der Waals surface area contributed by atoms with E-state index in [-0.39, 0.29) is 18.3 Å². The van der Waals surface area contributed by atoms with Gasteiger partial charge >= 0.3 is 0 Å². The molecule has 0 bridgehead atoms. The second-order valence-electron chi connectivity index (χ2n) is 9.46. The van der Waals surface area contributed by atoms with Crippen molar-refractivity contribution in [2.24, 2.45) is 4.99 Å². The van der Waals surface area contributed by atoms with Crippen LogP contribution in [0.25, 0.3) is 10.9 Å². The molecule has 0 aliphatic rings. The molecule has 0 saturated carbocycles. The average Bonchev–Trinajstić information content (AvgIpc) is 3.25. The Labute approximate surface area is 239 Å². The number of nitrogens with one attached hydrogen (secondary N) is 1. The highest BCUT2D eigenvalue weighted by atomic mass is 32.2. The van der Waals surface area contributed by atoms with Crippen LogP contribution in [0.2, 0.25) is 0 Å². The van der Waals surface area contributed by atoms with Crippen molar-refractivity contribution < 1.29 is 27.8 Å². The molecule has 1 aromatic heterocycles. The number of aromatic hydroxyl groups is 1. The molecule has 0 unspecified atom stereocenters. The Hall–Kier alpha value is -4.51. The Morgan fingerprint density at radius 2 is 1.56 bits per heavy atom. The number of rotatable bonds is 11. The summed E-state index contributed by atoms with van der Waals surface area (Å²) in [5.74, 6) is 0.692. The number of anilines is 1. The van der Waals surface area contributed by atoms with Crippen LogP contribution >= 0.6 is 0 Å². The van der Waals surface area contributed by atoms with Gasteiger partial charge in [0, 0.05) is 31.1 Å². The number of hydrogen-bond donors (Lipinski definition) is 2. The second-order valence-corrected chi connectivity index (χ2v) is 11.4. The molecule has 1 heterocycles. The third-order valence-electron chi connectivity index (χ3n) is 6.28. The van der Waals surface area contributed by atoms with E-state index >= 15 is 0 Å². The molecule has 1 amide bonds. The Bertz CT molecular complexity index is 1660. The quantitative estimate of drug-likeness (QED) is 0.249. The number of amides is 1. The molecule has 41 heavy (non-hydrogen) atoms. The van der Waals surface area contributed by atoms with Gasteiger partial charge in [0.25, 0.3) is 0 Å². The molecule has 0 saturated heterocycles. The van der Waals surface area contributed by atoms with E-state index in [1.165, 1.54) is 4.90 Å². The number of aromatic amines is 1. The lowest BCUT2D eigenvalue weighted by atomic mass is 10.0. The number of aromatic nitrogens is 1. The molecule has 0 fully saturated rings. The molecule has 3 aromatic carbocycles. The molecular weight excluding hydrogens is 544 g/mol. The van der Waals surface area contributed by atoms with E-state index < -0.39 is 10.0 Å². The van der Waals surface area contributed by atoms with E-state index in [2.05, 4.69) is 4.98 Å². The standard InChI is InChI=1S/C30H34N4O6S/c1-6-39-25-17-23-24(18-26(25)40-7-2)32-30(36)28(23)29(20-11-9-8-10-12-20)31-21-13-15-22(16-14-21)34(41(5,37)38)19-27(35)33(3)4/h8-18,32,36H,6-7,19H2,1-5H3. The number of aliphatic imine (C=N–C) groups is 1. The number of carbonyl (C=O) groups is 1. The normalized spacial score (nSPS) is 11.9. The predicted molar refractivity (Wildman–Crippen MR) is 161 cm³/mol. The largest absolute Gasteiger partial charge is 0.494 e. The van der Waals surface area contributed by atoms with E-state index in [1.54, 1.807) is 44.4 Å². The van der Waals surface area contributed by atoms with Gasteiger partial charge in [0.05, 0.1) is 47.6 Å². The van der Waals surface area contributed by atoms with Gasteiger partial charge in [0.2, 0.25) is 15.9 Å². The maximum absolute atomic E-state index is 12.5. The number of fused-ring (bicyclic) bond motifs is 1. The first kappa shape index (κ1) is 29.5. The molecular formula is C30H34N4O6S. The molecule has 0 atom stereocenters. The Balaban J connectivity index is 1.84. The number of nitrogens with zero attached hydrogens (tertiary/aromatic N) is 3. The molecule has 0 aliphatic carbocycles. The maximum Gasteiger partial charge on any atom is 0.242 e. The third-order valence-corrected chi connectivity index (χ3v) is 7.42. The molecule has 4 aromatic rings. The number of ether oxygens (including phenoxy) is 2. The summed E-state index contributed by atoms with van der Waals surface area (Å²) in [6.07, 6.45) is 1.06. The molecule has 4 rings (SSSR count). The summed E-state index contributed by atoms with van der Waals surface area (Å²) >= 11 is 0. The lowest BCUT2D eigenvalue weighted by Gasteiger charge is -2.23. The highest BCUT2D eigenvalue weighted by Gasteiger charge is 2.23. The summed E-state index contributed by atoms with van der Waals surface area (Å²) in [7, 11) is -0.576. The van der Waals surface area contributed by atoms with E-state index in [9.17, 15) is 18.3 Å². The topological polar surface area (TPSA) is 125 Å². The van der Waals surface area contributed by atoms with Gasteiger partial charge < -0.3 is 24.5 Å². The smallest absolute Gasteiger partial charge is 0.242 e. The first-order valence-corrected chi connectivity index (χ1v) is 14.9. The summed E-state index contributed by atoms with van der Waals surface area (Å²) in [5.41, 5.74) is 3.24. The van der Waals surface area contributed by atoms with Crippen molar-refractivity contribution in [1.29, 1.82) is 0 Å². The summed E-state index contributed by atoms with van der Waals surface area (Å²) in [6.45, 7) is 4.35. The van der Waals surface area contributed by atoms with Crippen LogP contribution < -0.4 is 13.8 Å². The summed E-state index contributed by atoms with van der Waals surface area (Å²) < 4.78 is 37.6. The Kier molecular flexibility index (Phi) is 8.87. The summed E-state index contributed by atoms with van der Waals surface area (Å²) in [5, 5.41) is 11.8. The lowest BCUT2D eigenvalue weighted by Crippen LogP contribution is -2.39. The fourth-order valence-electron chi connectivity index (χ4n) is 4.31. The van der Waals surface area contributed by atoms with Crippen LogP contribution in [0.5, 0.6) is 17.4 Å². The number of sulfonamides is 1. The van der Waals surface area contributed by atoms with Gasteiger partial charge in [0.1, 0.15) is 6.54 Å². The fraction of sp³-hybridized carbons (Fsp3) is 0.267. The average molecular weight is 579 g/mol. The van der Waals surface area contributed by atoms with E-state index in [4.69, 9.17) is 14.5 Å². The highest BCUT2D eigenvalue weighted by Crippen LogP contribution is 2.39. The van der Waals surface area contributed by atoms with Crippen LogP contribution in [0.3, 0.4) is 0 Å². The van der Waals surface area contributed by atoms with Gasteiger partial charge in [-0.2, -0.15) is 0 Å². The highest BCUT2D eigenvalue weighted by molar-refractivity contribution is 7.92. The minimum absolute atomic E-state index is 0.0687. The van der Waals surface area contributed by atoms with Crippen molar-refractivity contribution >= 4 is 43.9 Å². The second kappa shape index (κ2) is 12.3. The third kappa shape index (κ3) is 6.63. The van der Waals surface area contributed by atoms with Crippen molar-refractivity contribution in [3.63, 3.8) is 0 Å². The van der Waals surface area contributed by atoms with Gasteiger partial charge in [-0.15, -0.1) is 0 Å². The zero-order chi connectivity index (χ0) is 29.7. The molecule has 10 nitrogen and oxygen atoms in total. The van der Waals surface area contributed by atoms with Crippen LogP contribution in [0, 0.1) is 0 Å². The fourth-order valence-corrected chi connectivity index (χ4v) is 5.16. The lowest BCUT2D eigenvalue weighted by molar-refractivity contribution is -0.127. The maximum atomic E-state index is 12.5. The van der Waals surface area contributed by atoms with E-state index in [0.29, 0.717) is 58.3 Å². The molecule has 2 N–H and O–H groups in total. The number of hydrogen-bond acceptors (Lipinski definition) is 7. The van der Waals surface area contributed by atoms with Crippen molar-refractivity contribution in [1.82, 2.24) is 9.88 Å². The van der Waals surface area contributed by atoms with Crippen LogP contribution in [0.1, 0.15) is 25.0 Å². The number of benzene rings is 3.